The van der Waals surface area contributed by atoms with Gasteiger partial charge in [-0.25, -0.2) is 0 Å². The van der Waals surface area contributed by atoms with E-state index in [-0.39, 0.29) is 24.4 Å². The molecule has 0 radical (unpaired) electrons. The van der Waals surface area contributed by atoms with Gasteiger partial charge in [-0.1, -0.05) is 48.6 Å². The van der Waals surface area contributed by atoms with Crippen LogP contribution in [-0.4, -0.2) is 64.1 Å². The van der Waals surface area contributed by atoms with Crippen LogP contribution in [0.25, 0.3) is 0 Å². The van der Waals surface area contributed by atoms with Crippen LogP contribution in [-0.2, 0) is 23.7 Å². The van der Waals surface area contributed by atoms with Crippen LogP contribution < -0.4 is 0 Å². The lowest BCUT2D eigenvalue weighted by atomic mass is 10.1. The molecule has 23 heavy (non-hydrogen) atoms. The molecular weight excluding hydrogens is 296 g/mol. The highest BCUT2D eigenvalue weighted by Crippen LogP contribution is 2.15. The molecule has 0 aromatic carbocycles. The summed E-state index contributed by atoms with van der Waals surface area (Å²) in [4.78, 5) is 0. The molecule has 0 aromatic heterocycles. The molecule has 0 saturated carbocycles. The fourth-order valence-electron chi connectivity index (χ4n) is 2.69. The average Bonchev–Trinajstić information content (AvgIpc) is 2.60. The van der Waals surface area contributed by atoms with E-state index in [2.05, 4.69) is 0 Å². The van der Waals surface area contributed by atoms with Crippen molar-refractivity contribution in [2.24, 2.45) is 0 Å². The lowest BCUT2D eigenvalue weighted by Gasteiger charge is -2.26. The number of hydrogen-bond donors (Lipinski definition) is 0. The molecule has 1 fully saturated rings. The molecule has 0 spiro atoms. The van der Waals surface area contributed by atoms with Crippen LogP contribution in [0.5, 0.6) is 0 Å². The summed E-state index contributed by atoms with van der Waals surface area (Å²) in [5.41, 5.74) is 0. The van der Waals surface area contributed by atoms with Gasteiger partial charge in [0.1, 0.15) is 24.4 Å². The van der Waals surface area contributed by atoms with Crippen LogP contribution in [0.1, 0.15) is 0 Å². The predicted octanol–water partition coefficient (Wildman–Crippen LogP) is 1.81. The summed E-state index contributed by atoms with van der Waals surface area (Å²) in [7, 11) is 0. The van der Waals surface area contributed by atoms with Gasteiger partial charge in [-0.3, -0.25) is 0 Å². The largest absolute Gasteiger partial charge is 0.377 e. The first-order chi connectivity index (χ1) is 11.4. The van der Waals surface area contributed by atoms with Crippen molar-refractivity contribution in [3.63, 3.8) is 0 Å². The monoisotopic (exact) mass is 320 g/mol. The lowest BCUT2D eigenvalue weighted by molar-refractivity contribution is -0.0685. The maximum atomic E-state index is 5.89. The van der Waals surface area contributed by atoms with E-state index in [9.17, 15) is 0 Å². The van der Waals surface area contributed by atoms with E-state index in [1.165, 1.54) is 0 Å². The Morgan fingerprint density at radius 2 is 0.739 bits per heavy atom. The number of ether oxygens (including phenoxy) is 5. The lowest BCUT2D eigenvalue weighted by Crippen LogP contribution is -2.33. The fraction of sp³-hybridized carbons (Fsp3) is 0.556. The van der Waals surface area contributed by atoms with Crippen LogP contribution in [0.15, 0.2) is 48.6 Å². The van der Waals surface area contributed by atoms with Gasteiger partial charge in [0.15, 0.2) is 0 Å². The van der Waals surface area contributed by atoms with E-state index in [0.29, 0.717) is 39.6 Å². The zero-order valence-corrected chi connectivity index (χ0v) is 13.2. The topological polar surface area (TPSA) is 46.2 Å². The van der Waals surface area contributed by atoms with E-state index >= 15 is 0 Å². The first kappa shape index (κ1) is 16.6. The molecule has 4 unspecified atom stereocenters. The number of rotatable bonds is 0. The molecule has 4 atom stereocenters. The van der Waals surface area contributed by atoms with Crippen molar-refractivity contribution >= 4 is 0 Å². The second-order valence-electron chi connectivity index (χ2n) is 5.49. The van der Waals surface area contributed by atoms with Crippen LogP contribution in [0.2, 0.25) is 0 Å². The van der Waals surface area contributed by atoms with Gasteiger partial charge in [-0.2, -0.15) is 0 Å². The SMILES string of the molecule is C1=CC2OCCOCCOC3C=CC=CC3OCCOC2C=C1. The third-order valence-corrected chi connectivity index (χ3v) is 3.85. The van der Waals surface area contributed by atoms with Crippen LogP contribution in [0.4, 0.5) is 0 Å². The van der Waals surface area contributed by atoms with Crippen LogP contribution in [0.3, 0.4) is 0 Å². The van der Waals surface area contributed by atoms with Crippen molar-refractivity contribution in [3.05, 3.63) is 48.6 Å². The standard InChI is InChI=1S/C18H24O5/c1-3-7-17-15(5-1)20-11-9-19-10-12-21-16-6-2-4-8-18(16)23-14-13-22-17/h1-8,15-18H,9-14H2. The second kappa shape index (κ2) is 9.15. The van der Waals surface area contributed by atoms with Gasteiger partial charge in [-0.05, 0) is 0 Å². The minimum absolute atomic E-state index is 0.0739. The number of hydrogen-bond acceptors (Lipinski definition) is 5. The van der Waals surface area contributed by atoms with Gasteiger partial charge in [0.2, 0.25) is 0 Å². The molecule has 1 saturated heterocycles. The van der Waals surface area contributed by atoms with Crippen LogP contribution >= 0.6 is 0 Å². The number of fused-ring (bicyclic) bond motifs is 2. The molecule has 0 amide bonds. The Labute approximate surface area is 137 Å². The van der Waals surface area contributed by atoms with E-state index in [4.69, 9.17) is 23.7 Å². The van der Waals surface area contributed by atoms with Crippen molar-refractivity contribution in [1.29, 1.82) is 0 Å². The Bertz CT molecular complexity index is 426. The maximum Gasteiger partial charge on any atom is 0.106 e. The molecule has 0 aromatic rings. The van der Waals surface area contributed by atoms with Gasteiger partial charge in [0.25, 0.3) is 0 Å². The van der Waals surface area contributed by atoms with Gasteiger partial charge < -0.3 is 23.7 Å². The Balaban J connectivity index is 1.56. The first-order valence-corrected chi connectivity index (χ1v) is 8.17. The van der Waals surface area contributed by atoms with Crippen molar-refractivity contribution in [1.82, 2.24) is 0 Å². The maximum absolute atomic E-state index is 5.89. The molecule has 2 aliphatic carbocycles. The van der Waals surface area contributed by atoms with Crippen molar-refractivity contribution in [2.75, 3.05) is 39.6 Å². The molecule has 0 N–H and O–H groups in total. The molecule has 3 aliphatic rings. The summed E-state index contributed by atoms with van der Waals surface area (Å²) in [6.07, 6.45) is 15.7. The minimum atomic E-state index is -0.0810. The van der Waals surface area contributed by atoms with Crippen molar-refractivity contribution < 1.29 is 23.7 Å². The summed E-state index contributed by atoms with van der Waals surface area (Å²) < 4.78 is 29.0. The molecule has 126 valence electrons. The molecule has 0 bridgehead atoms. The van der Waals surface area contributed by atoms with Gasteiger partial charge in [0, 0.05) is 0 Å². The number of allylic oxidation sites excluding steroid dienone is 4. The normalized spacial score (nSPS) is 35.8. The molecule has 5 heteroatoms. The third kappa shape index (κ3) is 5.12. The Kier molecular flexibility index (Phi) is 6.61. The van der Waals surface area contributed by atoms with E-state index < -0.39 is 0 Å². The summed E-state index contributed by atoms with van der Waals surface area (Å²) in [5, 5.41) is 0. The van der Waals surface area contributed by atoms with E-state index in [0.717, 1.165) is 0 Å². The Hall–Kier alpha value is -1.24. The van der Waals surface area contributed by atoms with Gasteiger partial charge >= 0.3 is 0 Å². The summed E-state index contributed by atoms with van der Waals surface area (Å²) >= 11 is 0. The van der Waals surface area contributed by atoms with Gasteiger partial charge in [-0.15, -0.1) is 0 Å². The minimum Gasteiger partial charge on any atom is -0.377 e. The highest BCUT2D eigenvalue weighted by molar-refractivity contribution is 5.17. The average molecular weight is 320 g/mol. The molecule has 3 rings (SSSR count). The van der Waals surface area contributed by atoms with Crippen LogP contribution in [0, 0.1) is 0 Å². The predicted molar refractivity (Wildman–Crippen MR) is 86.3 cm³/mol. The first-order valence-electron chi connectivity index (χ1n) is 8.17. The molecule has 1 heterocycles. The summed E-state index contributed by atoms with van der Waals surface area (Å²) in [5.74, 6) is 0. The second-order valence-corrected chi connectivity index (χ2v) is 5.49. The van der Waals surface area contributed by atoms with Crippen molar-refractivity contribution in [2.45, 2.75) is 24.4 Å². The van der Waals surface area contributed by atoms with E-state index in [1.54, 1.807) is 0 Å². The smallest absolute Gasteiger partial charge is 0.106 e. The summed E-state index contributed by atoms with van der Waals surface area (Å²) in [6.45, 7) is 3.19. The molecular formula is C18H24O5. The highest BCUT2D eigenvalue weighted by atomic mass is 16.6. The molecule has 5 nitrogen and oxygen atoms in total. The zero-order valence-electron chi connectivity index (χ0n) is 13.2. The fourth-order valence-corrected chi connectivity index (χ4v) is 2.69. The highest BCUT2D eigenvalue weighted by Gasteiger charge is 2.22. The Morgan fingerprint density at radius 3 is 1.09 bits per heavy atom. The molecule has 1 aliphatic heterocycles. The zero-order chi connectivity index (χ0) is 15.7. The quantitative estimate of drug-likeness (QED) is 0.681. The third-order valence-electron chi connectivity index (χ3n) is 3.85. The Morgan fingerprint density at radius 1 is 0.435 bits per heavy atom. The van der Waals surface area contributed by atoms with E-state index in [1.807, 2.05) is 48.6 Å². The van der Waals surface area contributed by atoms with Gasteiger partial charge in [0.05, 0.1) is 39.6 Å². The summed E-state index contributed by atoms with van der Waals surface area (Å²) in [6, 6.07) is 0. The van der Waals surface area contributed by atoms with Crippen molar-refractivity contribution in [3.8, 4) is 0 Å².